The van der Waals surface area contributed by atoms with Crippen molar-refractivity contribution in [3.8, 4) is 0 Å². The van der Waals surface area contributed by atoms with Gasteiger partial charge in [-0.15, -0.1) is 0 Å². The predicted molar refractivity (Wildman–Crippen MR) is 75.1 cm³/mol. The third-order valence-electron chi connectivity index (χ3n) is 2.79. The van der Waals surface area contributed by atoms with Crippen molar-refractivity contribution >= 4 is 5.91 Å². The highest BCUT2D eigenvalue weighted by molar-refractivity contribution is 5.91. The van der Waals surface area contributed by atoms with E-state index in [0.717, 1.165) is 11.8 Å². The molecule has 0 radical (unpaired) electrons. The average Bonchev–Trinajstić information content (AvgIpc) is 2.48. The molecule has 0 bridgehead atoms. The Morgan fingerprint density at radius 2 is 2.05 bits per heavy atom. The highest BCUT2D eigenvalue weighted by Crippen LogP contribution is 2.07. The molecule has 104 valence electrons. The van der Waals surface area contributed by atoms with E-state index in [9.17, 15) is 9.59 Å². The maximum absolute atomic E-state index is 12.3. The number of hydrogen-bond donors (Lipinski definition) is 2. The third-order valence-corrected chi connectivity index (χ3v) is 2.79. The van der Waals surface area contributed by atoms with E-state index in [2.05, 4.69) is 9.97 Å². The topological polar surface area (TPSA) is 92.1 Å². The van der Waals surface area contributed by atoms with E-state index in [1.165, 1.54) is 6.20 Å². The summed E-state index contributed by atoms with van der Waals surface area (Å²) in [6.07, 6.45) is 2.41. The second-order valence-electron chi connectivity index (χ2n) is 4.30. The number of nitrogens with zero attached hydrogens (tertiary/aromatic N) is 2. The number of nitrogens with one attached hydrogen (secondary N) is 1. The van der Waals surface area contributed by atoms with Gasteiger partial charge in [0.1, 0.15) is 5.69 Å². The summed E-state index contributed by atoms with van der Waals surface area (Å²) >= 11 is 0. The summed E-state index contributed by atoms with van der Waals surface area (Å²) in [4.78, 5) is 31.2. The zero-order valence-electron chi connectivity index (χ0n) is 11.0. The van der Waals surface area contributed by atoms with E-state index in [-0.39, 0.29) is 17.2 Å². The predicted octanol–water partition coefficient (Wildman–Crippen LogP) is 0.371. The molecule has 2 rings (SSSR count). The summed E-state index contributed by atoms with van der Waals surface area (Å²) in [6, 6.07) is 9.63. The smallest absolute Gasteiger partial charge is 0.274 e. The van der Waals surface area contributed by atoms with Crippen molar-refractivity contribution in [3.05, 3.63) is 64.3 Å². The Hall–Kier alpha value is -2.47. The summed E-state index contributed by atoms with van der Waals surface area (Å²) in [7, 11) is 0. The Morgan fingerprint density at radius 3 is 2.65 bits per heavy atom. The number of nitrogens with two attached hydrogens (primary N) is 1. The first-order valence-electron chi connectivity index (χ1n) is 6.28. The summed E-state index contributed by atoms with van der Waals surface area (Å²) in [5.41, 5.74) is 6.43. The fourth-order valence-electron chi connectivity index (χ4n) is 1.83. The Morgan fingerprint density at radius 1 is 1.30 bits per heavy atom. The van der Waals surface area contributed by atoms with Crippen molar-refractivity contribution < 1.29 is 4.79 Å². The van der Waals surface area contributed by atoms with Gasteiger partial charge in [0, 0.05) is 25.8 Å². The van der Waals surface area contributed by atoms with Crippen LogP contribution in [0.4, 0.5) is 0 Å². The zero-order chi connectivity index (χ0) is 14.4. The number of carbonyl (C=O) groups excluding carboxylic acids is 1. The van der Waals surface area contributed by atoms with Crippen LogP contribution < -0.4 is 11.3 Å². The molecule has 0 aliphatic heterocycles. The van der Waals surface area contributed by atoms with Gasteiger partial charge in [0.25, 0.3) is 11.5 Å². The summed E-state index contributed by atoms with van der Waals surface area (Å²) in [5, 5.41) is 0. The van der Waals surface area contributed by atoms with Crippen LogP contribution >= 0.6 is 0 Å². The SMILES string of the molecule is NCCN(Cc1ccccc1)C(=O)c1c[nH]c(=O)cn1. The molecule has 0 atom stereocenters. The fourth-order valence-corrected chi connectivity index (χ4v) is 1.83. The second kappa shape index (κ2) is 6.63. The molecule has 6 nitrogen and oxygen atoms in total. The van der Waals surface area contributed by atoms with E-state index < -0.39 is 0 Å². The second-order valence-corrected chi connectivity index (χ2v) is 4.30. The minimum absolute atomic E-state index is 0.203. The van der Waals surface area contributed by atoms with Crippen molar-refractivity contribution in [2.24, 2.45) is 5.73 Å². The van der Waals surface area contributed by atoms with Gasteiger partial charge in [-0.3, -0.25) is 9.59 Å². The summed E-state index contributed by atoms with van der Waals surface area (Å²) < 4.78 is 0. The maximum atomic E-state index is 12.3. The third kappa shape index (κ3) is 3.52. The normalized spacial score (nSPS) is 10.2. The van der Waals surface area contributed by atoms with E-state index in [1.54, 1.807) is 4.90 Å². The number of H-pyrrole nitrogens is 1. The monoisotopic (exact) mass is 272 g/mol. The Labute approximate surface area is 116 Å². The Kier molecular flexibility index (Phi) is 4.62. The van der Waals surface area contributed by atoms with Crippen LogP contribution in [0.25, 0.3) is 0 Å². The fraction of sp³-hybridized carbons (Fsp3) is 0.214. The van der Waals surface area contributed by atoms with Gasteiger partial charge in [0.15, 0.2) is 0 Å². The quantitative estimate of drug-likeness (QED) is 0.822. The van der Waals surface area contributed by atoms with E-state index in [0.29, 0.717) is 19.6 Å². The standard InChI is InChI=1S/C14H16N4O2/c15-6-7-18(10-11-4-2-1-3-5-11)14(20)12-8-17-13(19)9-16-12/h1-5,8-9H,6-7,10,15H2,(H,17,19). The van der Waals surface area contributed by atoms with Crippen molar-refractivity contribution in [1.82, 2.24) is 14.9 Å². The number of hydrogen-bond acceptors (Lipinski definition) is 4. The van der Waals surface area contributed by atoms with E-state index >= 15 is 0 Å². The summed E-state index contributed by atoms with van der Waals surface area (Å²) in [5.74, 6) is -0.254. The maximum Gasteiger partial charge on any atom is 0.274 e. The van der Waals surface area contributed by atoms with Gasteiger partial charge in [-0.05, 0) is 5.56 Å². The number of aromatic amines is 1. The van der Waals surface area contributed by atoms with Gasteiger partial charge >= 0.3 is 0 Å². The molecule has 0 saturated heterocycles. The first kappa shape index (κ1) is 14.0. The molecular weight excluding hydrogens is 256 g/mol. The molecule has 6 heteroatoms. The lowest BCUT2D eigenvalue weighted by molar-refractivity contribution is 0.0741. The van der Waals surface area contributed by atoms with Crippen LogP contribution in [-0.2, 0) is 6.54 Å². The molecule has 0 spiro atoms. The van der Waals surface area contributed by atoms with Gasteiger partial charge in [0.2, 0.25) is 0 Å². The van der Waals surface area contributed by atoms with Crippen LogP contribution in [0.5, 0.6) is 0 Å². The van der Waals surface area contributed by atoms with Crippen molar-refractivity contribution in [1.29, 1.82) is 0 Å². The van der Waals surface area contributed by atoms with Gasteiger partial charge in [-0.2, -0.15) is 0 Å². The van der Waals surface area contributed by atoms with Crippen LogP contribution in [-0.4, -0.2) is 33.9 Å². The van der Waals surface area contributed by atoms with Gasteiger partial charge < -0.3 is 15.6 Å². The number of rotatable bonds is 5. The lowest BCUT2D eigenvalue weighted by Gasteiger charge is -2.21. The minimum Gasteiger partial charge on any atom is -0.332 e. The minimum atomic E-state index is -0.338. The van der Waals surface area contributed by atoms with Crippen LogP contribution in [0, 0.1) is 0 Å². The molecule has 1 aromatic carbocycles. The number of carbonyl (C=O) groups is 1. The molecule has 0 unspecified atom stereocenters. The molecular formula is C14H16N4O2. The lowest BCUT2D eigenvalue weighted by atomic mass is 10.2. The molecule has 1 amide bonds. The first-order valence-corrected chi connectivity index (χ1v) is 6.28. The highest BCUT2D eigenvalue weighted by atomic mass is 16.2. The molecule has 1 aromatic heterocycles. The molecule has 2 aromatic rings. The van der Waals surface area contributed by atoms with E-state index in [4.69, 9.17) is 5.73 Å². The molecule has 1 heterocycles. The molecule has 20 heavy (non-hydrogen) atoms. The van der Waals surface area contributed by atoms with Gasteiger partial charge in [0.05, 0.1) is 6.20 Å². The van der Waals surface area contributed by atoms with Gasteiger partial charge in [-0.1, -0.05) is 30.3 Å². The largest absolute Gasteiger partial charge is 0.332 e. The zero-order valence-corrected chi connectivity index (χ0v) is 11.0. The van der Waals surface area contributed by atoms with E-state index in [1.807, 2.05) is 30.3 Å². The summed E-state index contributed by atoms with van der Waals surface area (Å²) in [6.45, 7) is 1.24. The molecule has 3 N–H and O–H groups in total. The molecule has 0 saturated carbocycles. The Bertz CT molecular complexity index is 604. The van der Waals surface area contributed by atoms with Crippen LogP contribution in [0.2, 0.25) is 0 Å². The number of aromatic nitrogens is 2. The van der Waals surface area contributed by atoms with Crippen LogP contribution in [0.1, 0.15) is 16.1 Å². The molecule has 0 aliphatic carbocycles. The lowest BCUT2D eigenvalue weighted by Crippen LogP contribution is -2.35. The van der Waals surface area contributed by atoms with Crippen molar-refractivity contribution in [2.75, 3.05) is 13.1 Å². The van der Waals surface area contributed by atoms with Crippen LogP contribution in [0.15, 0.2) is 47.5 Å². The van der Waals surface area contributed by atoms with Crippen LogP contribution in [0.3, 0.4) is 0 Å². The number of benzene rings is 1. The first-order chi connectivity index (χ1) is 9.70. The van der Waals surface area contributed by atoms with Crippen molar-refractivity contribution in [3.63, 3.8) is 0 Å². The molecule has 0 fully saturated rings. The van der Waals surface area contributed by atoms with Crippen molar-refractivity contribution in [2.45, 2.75) is 6.54 Å². The van der Waals surface area contributed by atoms with Gasteiger partial charge in [-0.25, -0.2) is 4.98 Å². The highest BCUT2D eigenvalue weighted by Gasteiger charge is 2.16. The average molecular weight is 272 g/mol. The number of amides is 1. The molecule has 0 aliphatic rings. The Balaban J connectivity index is 2.17.